The van der Waals surface area contributed by atoms with Crippen molar-refractivity contribution < 1.29 is 9.59 Å². The number of hydrogen-bond donors (Lipinski definition) is 2. The summed E-state index contributed by atoms with van der Waals surface area (Å²) in [6, 6.07) is 7.03. The normalized spacial score (nSPS) is 17.0. The molecule has 0 bridgehead atoms. The molecule has 4 rings (SSSR count). The number of fused-ring (bicyclic) bond motifs is 1. The van der Waals surface area contributed by atoms with Gasteiger partial charge in [-0.3, -0.25) is 14.3 Å². The quantitative estimate of drug-likeness (QED) is 0.847. The second-order valence-corrected chi connectivity index (χ2v) is 7.22. The number of anilines is 1. The predicted molar refractivity (Wildman–Crippen MR) is 99.4 cm³/mol. The second kappa shape index (κ2) is 7.38. The third-order valence-corrected chi connectivity index (χ3v) is 5.30. The molecule has 8 nitrogen and oxygen atoms in total. The van der Waals surface area contributed by atoms with Crippen LogP contribution in [0.15, 0.2) is 24.3 Å². The lowest BCUT2D eigenvalue weighted by Gasteiger charge is -2.27. The molecule has 1 saturated carbocycles. The number of rotatable bonds is 4. The average molecular weight is 368 g/mol. The van der Waals surface area contributed by atoms with E-state index in [0.717, 1.165) is 37.1 Å². The molecule has 0 atom stereocenters. The Labute approximate surface area is 157 Å². The van der Waals surface area contributed by atoms with Gasteiger partial charge < -0.3 is 16.0 Å². The molecule has 0 unspecified atom stereocenters. The first kappa shape index (κ1) is 17.5. The van der Waals surface area contributed by atoms with Gasteiger partial charge in [0.05, 0.1) is 31.0 Å². The van der Waals surface area contributed by atoms with E-state index < -0.39 is 0 Å². The summed E-state index contributed by atoms with van der Waals surface area (Å²) >= 11 is 0. The Bertz CT molecular complexity index is 856. The molecule has 0 radical (unpaired) electrons. The minimum absolute atomic E-state index is 0.128. The first-order valence-electron chi connectivity index (χ1n) is 9.45. The number of aromatic nitrogens is 3. The van der Waals surface area contributed by atoms with Gasteiger partial charge in [0.15, 0.2) is 0 Å². The molecule has 1 aliphatic heterocycles. The average Bonchev–Trinajstić information content (AvgIpc) is 3.34. The van der Waals surface area contributed by atoms with Gasteiger partial charge in [0.1, 0.15) is 11.5 Å². The van der Waals surface area contributed by atoms with Crippen molar-refractivity contribution in [1.82, 2.24) is 25.0 Å². The Hall–Kier alpha value is -2.90. The third-order valence-electron chi connectivity index (χ3n) is 5.30. The summed E-state index contributed by atoms with van der Waals surface area (Å²) in [4.78, 5) is 30.7. The van der Waals surface area contributed by atoms with Crippen LogP contribution < -0.4 is 11.1 Å². The van der Waals surface area contributed by atoms with Gasteiger partial charge in [0.25, 0.3) is 5.91 Å². The monoisotopic (exact) mass is 368 g/mol. The Morgan fingerprint density at radius 1 is 1.22 bits per heavy atom. The predicted octanol–water partition coefficient (Wildman–Crippen LogP) is 1.32. The molecular formula is C19H24N6O2. The van der Waals surface area contributed by atoms with Gasteiger partial charge in [-0.15, -0.1) is 0 Å². The van der Waals surface area contributed by atoms with Crippen molar-refractivity contribution in [3.63, 3.8) is 0 Å². The highest BCUT2D eigenvalue weighted by molar-refractivity contribution is 5.92. The molecule has 0 saturated heterocycles. The molecule has 2 aromatic heterocycles. The van der Waals surface area contributed by atoms with E-state index in [9.17, 15) is 9.59 Å². The van der Waals surface area contributed by atoms with Crippen molar-refractivity contribution in [3.05, 3.63) is 41.3 Å². The summed E-state index contributed by atoms with van der Waals surface area (Å²) in [5.74, 6) is 0.484. The maximum Gasteiger partial charge on any atom is 0.272 e. The minimum atomic E-state index is -0.133. The number of hydrogen-bond acceptors (Lipinski definition) is 5. The molecule has 3 heterocycles. The maximum absolute atomic E-state index is 12.7. The van der Waals surface area contributed by atoms with Crippen molar-refractivity contribution in [3.8, 4) is 0 Å². The van der Waals surface area contributed by atoms with Crippen LogP contribution in [0.1, 0.15) is 47.6 Å². The number of amides is 2. The van der Waals surface area contributed by atoms with Crippen LogP contribution >= 0.6 is 0 Å². The summed E-state index contributed by atoms with van der Waals surface area (Å²) < 4.78 is 1.91. The van der Waals surface area contributed by atoms with Crippen molar-refractivity contribution in [2.24, 2.45) is 5.92 Å². The van der Waals surface area contributed by atoms with Crippen LogP contribution in [-0.2, 0) is 24.4 Å². The molecule has 1 fully saturated rings. The fourth-order valence-corrected chi connectivity index (χ4v) is 3.83. The number of nitrogen functional groups attached to an aromatic ring is 1. The van der Waals surface area contributed by atoms with E-state index in [0.29, 0.717) is 37.7 Å². The lowest BCUT2D eigenvalue weighted by atomic mass is 10.1. The van der Waals surface area contributed by atoms with E-state index in [1.807, 2.05) is 10.7 Å². The Kier molecular flexibility index (Phi) is 4.79. The highest BCUT2D eigenvalue weighted by Crippen LogP contribution is 2.24. The zero-order chi connectivity index (χ0) is 18.8. The van der Waals surface area contributed by atoms with Crippen molar-refractivity contribution in [1.29, 1.82) is 0 Å². The summed E-state index contributed by atoms with van der Waals surface area (Å²) in [6.45, 7) is 2.09. The largest absolute Gasteiger partial charge is 0.384 e. The van der Waals surface area contributed by atoms with Crippen LogP contribution in [0.5, 0.6) is 0 Å². The fourth-order valence-electron chi connectivity index (χ4n) is 3.83. The van der Waals surface area contributed by atoms with Gasteiger partial charge in [-0.25, -0.2) is 4.98 Å². The summed E-state index contributed by atoms with van der Waals surface area (Å²) in [5, 5.41) is 7.56. The van der Waals surface area contributed by atoms with Crippen LogP contribution in [0, 0.1) is 5.92 Å². The summed E-state index contributed by atoms with van der Waals surface area (Å²) in [7, 11) is 0. The van der Waals surface area contributed by atoms with Crippen molar-refractivity contribution in [2.45, 2.75) is 45.3 Å². The molecule has 3 N–H and O–H groups in total. The number of nitrogens with one attached hydrogen (secondary N) is 1. The van der Waals surface area contributed by atoms with E-state index in [1.54, 1.807) is 23.1 Å². The number of carbonyl (C=O) groups is 2. The van der Waals surface area contributed by atoms with Crippen LogP contribution in [0.3, 0.4) is 0 Å². The molecular weight excluding hydrogens is 344 g/mol. The molecule has 27 heavy (non-hydrogen) atoms. The van der Waals surface area contributed by atoms with Gasteiger partial charge in [-0.2, -0.15) is 5.10 Å². The Morgan fingerprint density at radius 2 is 2.04 bits per heavy atom. The molecule has 142 valence electrons. The Morgan fingerprint density at radius 3 is 2.81 bits per heavy atom. The first-order chi connectivity index (χ1) is 13.1. The molecule has 8 heteroatoms. The van der Waals surface area contributed by atoms with Crippen LogP contribution in [0.25, 0.3) is 0 Å². The lowest BCUT2D eigenvalue weighted by Crippen LogP contribution is -2.38. The fraction of sp³-hybridized carbons (Fsp3) is 0.474. The van der Waals surface area contributed by atoms with Crippen LogP contribution in [-0.4, -0.2) is 38.0 Å². The lowest BCUT2D eigenvalue weighted by molar-refractivity contribution is -0.125. The van der Waals surface area contributed by atoms with Crippen molar-refractivity contribution >= 4 is 17.6 Å². The van der Waals surface area contributed by atoms with Gasteiger partial charge >= 0.3 is 0 Å². The first-order valence-corrected chi connectivity index (χ1v) is 9.45. The number of carbonyl (C=O) groups excluding carboxylic acids is 2. The van der Waals surface area contributed by atoms with Gasteiger partial charge in [0.2, 0.25) is 5.91 Å². The van der Waals surface area contributed by atoms with Crippen molar-refractivity contribution in [2.75, 3.05) is 12.3 Å². The van der Waals surface area contributed by atoms with Crippen LogP contribution in [0.2, 0.25) is 0 Å². The summed E-state index contributed by atoms with van der Waals surface area (Å²) in [5.41, 5.74) is 7.82. The molecule has 1 aliphatic carbocycles. The molecule has 2 amide bonds. The maximum atomic E-state index is 12.7. The molecule has 2 aromatic rings. The highest BCUT2D eigenvalue weighted by Gasteiger charge is 2.25. The highest BCUT2D eigenvalue weighted by atomic mass is 16.2. The van der Waals surface area contributed by atoms with Gasteiger partial charge in [-0.05, 0) is 31.0 Å². The smallest absolute Gasteiger partial charge is 0.272 e. The van der Waals surface area contributed by atoms with E-state index in [4.69, 9.17) is 5.73 Å². The van der Waals surface area contributed by atoms with E-state index in [-0.39, 0.29) is 17.7 Å². The molecule has 2 aliphatic rings. The van der Waals surface area contributed by atoms with E-state index in [1.165, 1.54) is 0 Å². The summed E-state index contributed by atoms with van der Waals surface area (Å²) in [6.07, 6.45) is 4.26. The SMILES string of the molecule is Nc1cccc(C(=O)N2CCn3nc(CNC(=O)C4CCCC4)cc3C2)n1. The zero-order valence-electron chi connectivity index (χ0n) is 15.2. The Balaban J connectivity index is 1.38. The number of nitrogens with two attached hydrogens (primary N) is 1. The third kappa shape index (κ3) is 3.79. The zero-order valence-corrected chi connectivity index (χ0v) is 15.2. The topological polar surface area (TPSA) is 106 Å². The molecule has 0 aromatic carbocycles. The van der Waals surface area contributed by atoms with Gasteiger partial charge in [-0.1, -0.05) is 18.9 Å². The minimum Gasteiger partial charge on any atom is -0.384 e. The van der Waals surface area contributed by atoms with E-state index >= 15 is 0 Å². The van der Waals surface area contributed by atoms with Crippen LogP contribution in [0.4, 0.5) is 5.82 Å². The van der Waals surface area contributed by atoms with E-state index in [2.05, 4.69) is 15.4 Å². The van der Waals surface area contributed by atoms with Gasteiger partial charge in [0, 0.05) is 12.5 Å². The number of nitrogens with zero attached hydrogens (tertiary/aromatic N) is 4. The number of pyridine rings is 1. The molecule has 0 spiro atoms. The second-order valence-electron chi connectivity index (χ2n) is 7.22. The standard InChI is InChI=1S/C19H24N6O2/c20-17-7-3-6-16(22-17)19(27)24-8-9-25-15(12-24)10-14(23-25)11-21-18(26)13-4-1-2-5-13/h3,6-7,10,13H,1-2,4-5,8-9,11-12H2,(H2,20,22)(H,21,26).